The van der Waals surface area contributed by atoms with Crippen LogP contribution in [0.4, 0.5) is 0 Å². The third kappa shape index (κ3) is 9.94. The van der Waals surface area contributed by atoms with Crippen molar-refractivity contribution in [3.8, 4) is 0 Å². The predicted octanol–water partition coefficient (Wildman–Crippen LogP) is 7.86. The molecule has 0 spiro atoms. The first kappa shape index (κ1) is 31.1. The minimum atomic E-state index is 0. The van der Waals surface area contributed by atoms with E-state index in [2.05, 4.69) is 86.6 Å². The van der Waals surface area contributed by atoms with E-state index in [-0.39, 0.29) is 66.5 Å². The molecule has 2 heteroatoms. The Hall–Kier alpha value is -0.600. The molecule has 0 atom stereocenters. The van der Waals surface area contributed by atoms with Crippen molar-refractivity contribution in [1.82, 2.24) is 0 Å². The number of benzene rings is 2. The van der Waals surface area contributed by atoms with Gasteiger partial charge in [-0.2, -0.15) is 26.0 Å². The smallest absolute Gasteiger partial charge is 0 e. The summed E-state index contributed by atoms with van der Waals surface area (Å²) in [6.07, 6.45) is 2.00. The van der Waals surface area contributed by atoms with Gasteiger partial charge in [0.05, 0.1) is 0 Å². The molecular weight excluding hydrogens is 657 g/mol. The summed E-state index contributed by atoms with van der Waals surface area (Å²) >= 11 is 0. The fraction of sp³-hybridized carbons (Fsp3) is 0.160. The Bertz CT molecular complexity index is 715. The normalized spacial score (nSPS) is 8.44. The van der Waals surface area contributed by atoms with Gasteiger partial charge in [0, 0.05) is 51.7 Å². The fourth-order valence-electron chi connectivity index (χ4n) is 2.61. The Morgan fingerprint density at radius 1 is 0.630 bits per heavy atom. The largest absolute Gasteiger partial charge is 0.358 e. The first-order valence-electron chi connectivity index (χ1n) is 8.12. The van der Waals surface area contributed by atoms with Gasteiger partial charge in [-0.15, -0.1) is 81.2 Å². The monoisotopic (exact) mass is 691 g/mol. The van der Waals surface area contributed by atoms with Crippen molar-refractivity contribution in [2.75, 3.05) is 0 Å². The average molecular weight is 689 g/mol. The number of aryl methyl sites for hydroxylation is 2. The van der Waals surface area contributed by atoms with Crippen molar-refractivity contribution >= 4 is 21.5 Å². The maximum absolute atomic E-state index is 2.20. The van der Waals surface area contributed by atoms with E-state index < -0.39 is 0 Å². The van der Waals surface area contributed by atoms with Gasteiger partial charge in [-0.25, -0.2) is 0 Å². The molecule has 4 rings (SSSR count). The van der Waals surface area contributed by atoms with E-state index in [1.54, 1.807) is 0 Å². The van der Waals surface area contributed by atoms with Crippen LogP contribution >= 0.6 is 0 Å². The van der Waals surface area contributed by atoms with Crippen LogP contribution in [0.5, 0.6) is 0 Å². The molecule has 0 amide bonds. The molecule has 27 heavy (non-hydrogen) atoms. The summed E-state index contributed by atoms with van der Waals surface area (Å²) in [5.41, 5.74) is 2.70. The number of fused-ring (bicyclic) bond motifs is 2. The van der Waals surface area contributed by atoms with Gasteiger partial charge in [0.1, 0.15) is 0 Å². The zero-order valence-corrected chi connectivity index (χ0v) is 24.7. The molecule has 0 saturated heterocycles. The van der Waals surface area contributed by atoms with Crippen molar-refractivity contribution in [2.45, 2.75) is 27.7 Å². The second-order valence-electron chi connectivity index (χ2n) is 5.90. The predicted molar refractivity (Wildman–Crippen MR) is 117 cm³/mol. The zero-order valence-electron chi connectivity index (χ0n) is 17.5. The third-order valence-electron chi connectivity index (χ3n) is 3.52. The van der Waals surface area contributed by atoms with Crippen LogP contribution in [0.25, 0.3) is 21.5 Å². The van der Waals surface area contributed by atoms with Crippen LogP contribution in [0.3, 0.4) is 0 Å². The topological polar surface area (TPSA) is 0 Å². The minimum absolute atomic E-state index is 0. The molecule has 0 fully saturated rings. The summed E-state index contributed by atoms with van der Waals surface area (Å²) in [5.74, 6) is 0. The van der Waals surface area contributed by atoms with E-state index >= 15 is 0 Å². The van der Waals surface area contributed by atoms with E-state index in [1.165, 1.54) is 32.7 Å². The van der Waals surface area contributed by atoms with Crippen molar-refractivity contribution < 1.29 is 51.7 Å². The van der Waals surface area contributed by atoms with Gasteiger partial charge in [-0.05, 0) is 0 Å². The van der Waals surface area contributed by atoms with Crippen LogP contribution in [-0.2, 0) is 51.7 Å². The molecule has 0 nitrogen and oxygen atoms in total. The van der Waals surface area contributed by atoms with Crippen LogP contribution in [-0.4, -0.2) is 0 Å². The van der Waals surface area contributed by atoms with Crippen LogP contribution < -0.4 is 0 Å². The summed E-state index contributed by atoms with van der Waals surface area (Å²) in [7, 11) is 0. The molecule has 0 bridgehead atoms. The summed E-state index contributed by atoms with van der Waals surface area (Å²) < 4.78 is 0. The second kappa shape index (κ2) is 16.4. The summed E-state index contributed by atoms with van der Waals surface area (Å²) in [6, 6.07) is 25.7. The molecule has 144 valence electrons. The summed E-state index contributed by atoms with van der Waals surface area (Å²) in [4.78, 5) is 0. The van der Waals surface area contributed by atoms with Crippen LogP contribution in [0.1, 0.15) is 25.0 Å². The number of rotatable bonds is 0. The molecule has 0 saturated carbocycles. The van der Waals surface area contributed by atoms with Crippen LogP contribution in [0, 0.1) is 35.1 Å². The van der Waals surface area contributed by atoms with Gasteiger partial charge >= 0.3 is 0 Å². The molecule has 0 aliphatic heterocycles. The molecule has 4 aromatic carbocycles. The average Bonchev–Trinajstić information content (AvgIpc) is 3.08. The summed E-state index contributed by atoms with van der Waals surface area (Å²) in [5, 5.41) is 5.39. The van der Waals surface area contributed by atoms with Crippen molar-refractivity contribution in [3.05, 3.63) is 105 Å². The van der Waals surface area contributed by atoms with Gasteiger partial charge < -0.3 is 21.3 Å². The van der Waals surface area contributed by atoms with Crippen molar-refractivity contribution in [3.63, 3.8) is 0 Å². The number of hydrogen-bond donors (Lipinski definition) is 0. The standard InChI is InChI=1S/2C10H9.C3H7.2CH3.2Hf/c2*1-8-6-9-4-2-3-5-10(9)7-8;1-3-2;;;;/h2*2-7H,1H3;3H,1-2H3;2*1H3;;/q5*-1;;. The minimum Gasteiger partial charge on any atom is -0.358 e. The molecule has 0 aromatic heterocycles. The van der Waals surface area contributed by atoms with Gasteiger partial charge in [-0.1, -0.05) is 26.0 Å². The van der Waals surface area contributed by atoms with E-state index in [1.807, 2.05) is 20.3 Å². The van der Waals surface area contributed by atoms with Gasteiger partial charge in [-0.3, -0.25) is 0 Å². The van der Waals surface area contributed by atoms with E-state index in [4.69, 9.17) is 0 Å². The molecule has 0 N–H and O–H groups in total. The Labute approximate surface area is 204 Å². The first-order chi connectivity index (χ1) is 11.1. The van der Waals surface area contributed by atoms with Crippen molar-refractivity contribution in [2.24, 2.45) is 0 Å². The molecular formula is C25H31Hf2-5. The third-order valence-corrected chi connectivity index (χ3v) is 3.52. The SMILES string of the molecule is C[CH-]C.Cc1cc2ccccc2[cH-]1.Cc1cc2ccccc2[cH-]1.[CH3-].[CH3-].[Hf].[Hf]. The molecule has 0 aliphatic rings. The molecule has 0 heterocycles. The number of hydrogen-bond acceptors (Lipinski definition) is 0. The van der Waals surface area contributed by atoms with Crippen molar-refractivity contribution in [1.29, 1.82) is 0 Å². The van der Waals surface area contributed by atoms with Gasteiger partial charge in [0.15, 0.2) is 0 Å². The molecule has 0 radical (unpaired) electrons. The Morgan fingerprint density at radius 3 is 1.22 bits per heavy atom. The van der Waals surface area contributed by atoms with Crippen LogP contribution in [0.15, 0.2) is 72.8 Å². The van der Waals surface area contributed by atoms with E-state index in [0.717, 1.165) is 0 Å². The maximum atomic E-state index is 2.20. The zero-order chi connectivity index (χ0) is 16.7. The van der Waals surface area contributed by atoms with Gasteiger partial charge in [0.25, 0.3) is 0 Å². The molecule has 4 aromatic rings. The Kier molecular flexibility index (Phi) is 18.9. The molecule has 0 unspecified atom stereocenters. The fourth-order valence-corrected chi connectivity index (χ4v) is 2.61. The first-order valence-corrected chi connectivity index (χ1v) is 8.12. The quantitative estimate of drug-likeness (QED) is 0.131. The van der Waals surface area contributed by atoms with E-state index in [0.29, 0.717) is 0 Å². The second-order valence-corrected chi connectivity index (χ2v) is 5.90. The van der Waals surface area contributed by atoms with E-state index in [9.17, 15) is 0 Å². The Balaban J connectivity index is -0.000000331. The Morgan fingerprint density at radius 2 is 0.926 bits per heavy atom. The van der Waals surface area contributed by atoms with Gasteiger partial charge in [0.2, 0.25) is 0 Å². The molecule has 0 aliphatic carbocycles. The maximum Gasteiger partial charge on any atom is 0 e. The summed E-state index contributed by atoms with van der Waals surface area (Å²) in [6.45, 7) is 8.25. The van der Waals surface area contributed by atoms with Crippen LogP contribution in [0.2, 0.25) is 0 Å².